The molecule has 0 bridgehead atoms. The summed E-state index contributed by atoms with van der Waals surface area (Å²) >= 11 is 0. The van der Waals surface area contributed by atoms with Crippen LogP contribution in [0, 0.1) is 11.3 Å². The Labute approximate surface area is 146 Å². The van der Waals surface area contributed by atoms with Gasteiger partial charge in [0.25, 0.3) is 0 Å². The van der Waals surface area contributed by atoms with Crippen LogP contribution in [0.3, 0.4) is 0 Å². The van der Waals surface area contributed by atoms with Crippen LogP contribution in [-0.4, -0.2) is 11.2 Å². The minimum Gasteiger partial charge on any atom is -0.508 e. The van der Waals surface area contributed by atoms with Crippen molar-refractivity contribution in [2.45, 2.75) is 78.2 Å². The molecule has 2 nitrogen and oxygen atoms in total. The van der Waals surface area contributed by atoms with Gasteiger partial charge >= 0.3 is 0 Å². The first kappa shape index (κ1) is 17.4. The highest BCUT2D eigenvalue weighted by atomic mass is 16.5. The van der Waals surface area contributed by atoms with E-state index < -0.39 is 0 Å². The summed E-state index contributed by atoms with van der Waals surface area (Å²) < 4.78 is 6.43. The molecule has 1 heterocycles. The van der Waals surface area contributed by atoms with E-state index in [0.29, 0.717) is 11.7 Å². The fraction of sp³-hybridized carbons (Fsp3) is 0.636. The topological polar surface area (TPSA) is 29.5 Å². The summed E-state index contributed by atoms with van der Waals surface area (Å²) in [5, 5.41) is 10.8. The van der Waals surface area contributed by atoms with Gasteiger partial charge < -0.3 is 9.84 Å². The molecule has 3 rings (SSSR count). The smallest absolute Gasteiger partial charge is 0.127 e. The number of aryl methyl sites for hydroxylation is 1. The van der Waals surface area contributed by atoms with Gasteiger partial charge in [-0.2, -0.15) is 0 Å². The van der Waals surface area contributed by atoms with Crippen molar-refractivity contribution < 1.29 is 9.84 Å². The maximum Gasteiger partial charge on any atom is 0.127 e. The molecular weight excluding hydrogens is 296 g/mol. The van der Waals surface area contributed by atoms with E-state index in [1.165, 1.54) is 30.4 Å². The SMILES string of the molecule is C=C(C)[C@@H]1CCC(C)(C)C2Oc3cc(CCCCC)cc(O)c3[C@H]21. The Balaban J connectivity index is 1.96. The number of rotatable bonds is 5. The first-order valence-corrected chi connectivity index (χ1v) is 9.53. The van der Waals surface area contributed by atoms with E-state index in [-0.39, 0.29) is 17.4 Å². The van der Waals surface area contributed by atoms with Crippen molar-refractivity contribution in [1.82, 2.24) is 0 Å². The predicted molar refractivity (Wildman–Crippen MR) is 99.8 cm³/mol. The predicted octanol–water partition coefficient (Wildman–Crippen LogP) is 5.98. The average Bonchev–Trinajstić information content (AvgIpc) is 2.88. The van der Waals surface area contributed by atoms with Crippen LogP contribution in [0.15, 0.2) is 24.3 Å². The number of hydrogen-bond acceptors (Lipinski definition) is 2. The number of hydrogen-bond donors (Lipinski definition) is 1. The molecule has 1 unspecified atom stereocenters. The lowest BCUT2D eigenvalue weighted by molar-refractivity contribution is 0.0194. The van der Waals surface area contributed by atoms with Gasteiger partial charge in [0.2, 0.25) is 0 Å². The molecule has 1 aliphatic carbocycles. The van der Waals surface area contributed by atoms with E-state index >= 15 is 0 Å². The van der Waals surface area contributed by atoms with E-state index in [2.05, 4.69) is 40.3 Å². The number of benzene rings is 1. The van der Waals surface area contributed by atoms with E-state index in [1.54, 1.807) is 0 Å². The normalized spacial score (nSPS) is 27.2. The summed E-state index contributed by atoms with van der Waals surface area (Å²) in [6.45, 7) is 13.1. The Morgan fingerprint density at radius 3 is 2.75 bits per heavy atom. The molecule has 1 aromatic carbocycles. The molecule has 132 valence electrons. The van der Waals surface area contributed by atoms with Crippen molar-refractivity contribution >= 4 is 0 Å². The molecule has 3 atom stereocenters. The minimum absolute atomic E-state index is 0.129. The lowest BCUT2D eigenvalue weighted by atomic mass is 9.62. The third-order valence-electron chi connectivity index (χ3n) is 6.10. The van der Waals surface area contributed by atoms with Gasteiger partial charge in [-0.25, -0.2) is 0 Å². The summed E-state index contributed by atoms with van der Waals surface area (Å²) in [6.07, 6.45) is 7.04. The summed E-state index contributed by atoms with van der Waals surface area (Å²) in [5.74, 6) is 1.99. The van der Waals surface area contributed by atoms with Crippen molar-refractivity contribution in [2.75, 3.05) is 0 Å². The lowest BCUT2D eigenvalue weighted by Crippen LogP contribution is -2.43. The number of ether oxygens (including phenoxy) is 1. The number of fused-ring (bicyclic) bond motifs is 3. The second-order valence-electron chi connectivity index (χ2n) is 8.53. The van der Waals surface area contributed by atoms with E-state index in [9.17, 15) is 5.11 Å². The zero-order chi connectivity index (χ0) is 17.5. The van der Waals surface area contributed by atoms with Gasteiger partial charge in [-0.05, 0) is 56.2 Å². The number of allylic oxidation sites excluding steroid dienone is 1. The molecule has 1 saturated carbocycles. The van der Waals surface area contributed by atoms with Gasteiger partial charge in [-0.15, -0.1) is 0 Å². The van der Waals surface area contributed by atoms with Crippen LogP contribution in [0.5, 0.6) is 11.5 Å². The molecule has 0 spiro atoms. The van der Waals surface area contributed by atoms with Gasteiger partial charge in [-0.1, -0.05) is 45.8 Å². The third-order valence-corrected chi connectivity index (χ3v) is 6.10. The molecule has 1 aromatic rings. The van der Waals surface area contributed by atoms with Crippen LogP contribution in [0.1, 0.15) is 76.8 Å². The van der Waals surface area contributed by atoms with Crippen LogP contribution < -0.4 is 4.74 Å². The number of aromatic hydroxyl groups is 1. The Kier molecular flexibility index (Phi) is 4.68. The average molecular weight is 328 g/mol. The van der Waals surface area contributed by atoms with Crippen molar-refractivity contribution in [1.29, 1.82) is 0 Å². The van der Waals surface area contributed by atoms with Crippen LogP contribution in [-0.2, 0) is 6.42 Å². The van der Waals surface area contributed by atoms with Crippen LogP contribution >= 0.6 is 0 Å². The van der Waals surface area contributed by atoms with Crippen molar-refractivity contribution in [3.8, 4) is 11.5 Å². The van der Waals surface area contributed by atoms with Crippen LogP contribution in [0.4, 0.5) is 0 Å². The maximum atomic E-state index is 10.8. The molecule has 0 aromatic heterocycles. The standard InChI is InChI=1S/C22H32O2/c1-6-7-8-9-15-12-17(23)20-18(13-15)24-21-19(20)16(14(2)3)10-11-22(21,4)5/h12-13,16,19,21,23H,2,6-11H2,1,3-5H3/t16-,19+,21?/m0/s1. The molecule has 0 saturated heterocycles. The van der Waals surface area contributed by atoms with Crippen LogP contribution in [0.2, 0.25) is 0 Å². The molecule has 2 aliphatic rings. The highest BCUT2D eigenvalue weighted by molar-refractivity contribution is 5.54. The molecule has 1 fully saturated rings. The number of phenolic OH excluding ortho intramolecular Hbond substituents is 1. The van der Waals surface area contributed by atoms with Crippen molar-refractivity contribution in [2.24, 2.45) is 11.3 Å². The summed E-state index contributed by atoms with van der Waals surface area (Å²) in [4.78, 5) is 0. The fourth-order valence-corrected chi connectivity index (χ4v) is 4.64. The quantitative estimate of drug-likeness (QED) is 0.532. The van der Waals surface area contributed by atoms with E-state index in [0.717, 1.165) is 30.6 Å². The molecule has 24 heavy (non-hydrogen) atoms. The second-order valence-corrected chi connectivity index (χ2v) is 8.53. The second kappa shape index (κ2) is 6.46. The monoisotopic (exact) mass is 328 g/mol. The Bertz CT molecular complexity index is 629. The summed E-state index contributed by atoms with van der Waals surface area (Å²) in [6, 6.07) is 4.14. The maximum absolute atomic E-state index is 10.8. The molecule has 1 N–H and O–H groups in total. The lowest BCUT2D eigenvalue weighted by Gasteiger charge is -2.44. The number of phenols is 1. The summed E-state index contributed by atoms with van der Waals surface area (Å²) in [5.41, 5.74) is 3.57. The van der Waals surface area contributed by atoms with Gasteiger partial charge in [-0.3, -0.25) is 0 Å². The highest BCUT2D eigenvalue weighted by Crippen LogP contribution is 2.58. The van der Waals surface area contributed by atoms with Gasteiger partial charge in [0, 0.05) is 16.9 Å². The van der Waals surface area contributed by atoms with Crippen molar-refractivity contribution in [3.05, 3.63) is 35.4 Å². The molecule has 1 aliphatic heterocycles. The molecule has 0 amide bonds. The first-order chi connectivity index (χ1) is 11.3. The van der Waals surface area contributed by atoms with E-state index in [1.807, 2.05) is 6.07 Å². The largest absolute Gasteiger partial charge is 0.508 e. The van der Waals surface area contributed by atoms with Gasteiger partial charge in [0.05, 0.1) is 0 Å². The summed E-state index contributed by atoms with van der Waals surface area (Å²) in [7, 11) is 0. The van der Waals surface area contributed by atoms with Gasteiger partial charge in [0.15, 0.2) is 0 Å². The Hall–Kier alpha value is -1.44. The van der Waals surface area contributed by atoms with Gasteiger partial charge in [0.1, 0.15) is 17.6 Å². The first-order valence-electron chi connectivity index (χ1n) is 9.53. The third kappa shape index (κ3) is 2.96. The molecular formula is C22H32O2. The molecule has 2 heteroatoms. The zero-order valence-electron chi connectivity index (χ0n) is 15.7. The minimum atomic E-state index is 0.129. The van der Waals surface area contributed by atoms with E-state index in [4.69, 9.17) is 4.74 Å². The molecule has 0 radical (unpaired) electrons. The zero-order valence-corrected chi connectivity index (χ0v) is 15.7. The Morgan fingerprint density at radius 1 is 1.33 bits per heavy atom. The fourth-order valence-electron chi connectivity index (χ4n) is 4.64. The van der Waals surface area contributed by atoms with Crippen molar-refractivity contribution in [3.63, 3.8) is 0 Å². The highest BCUT2D eigenvalue weighted by Gasteiger charge is 2.51. The Morgan fingerprint density at radius 2 is 2.08 bits per heavy atom. The number of unbranched alkanes of at least 4 members (excludes halogenated alkanes) is 2. The van der Waals surface area contributed by atoms with Crippen LogP contribution in [0.25, 0.3) is 0 Å².